The van der Waals surface area contributed by atoms with E-state index < -0.39 is 16.8 Å². The lowest BCUT2D eigenvalue weighted by Gasteiger charge is -2.25. The molecule has 118 valence electrons. The van der Waals surface area contributed by atoms with Gasteiger partial charge in [-0.3, -0.25) is 4.79 Å². The van der Waals surface area contributed by atoms with E-state index in [0.29, 0.717) is 6.42 Å². The van der Waals surface area contributed by atoms with Gasteiger partial charge in [-0.25, -0.2) is 0 Å². The molecule has 0 aliphatic heterocycles. The van der Waals surface area contributed by atoms with Crippen LogP contribution in [0.25, 0.3) is 0 Å². The van der Waals surface area contributed by atoms with Crippen LogP contribution in [0.2, 0.25) is 0 Å². The van der Waals surface area contributed by atoms with E-state index in [2.05, 4.69) is 0 Å². The van der Waals surface area contributed by atoms with Gasteiger partial charge in [-0.1, -0.05) is 91.0 Å². The van der Waals surface area contributed by atoms with Crippen LogP contribution in [0, 0.1) is 0 Å². The molecule has 4 rings (SSSR count). The van der Waals surface area contributed by atoms with Crippen molar-refractivity contribution in [2.45, 2.75) is 17.3 Å². The first-order valence-electron chi connectivity index (χ1n) is 8.12. The fraction of sp³-hybridized carbons (Fsp3) is 0.136. The van der Waals surface area contributed by atoms with Crippen LogP contribution in [-0.4, -0.2) is 11.1 Å². The molecule has 1 saturated carbocycles. The maximum atomic E-state index is 12.4. The fourth-order valence-corrected chi connectivity index (χ4v) is 4.12. The van der Waals surface area contributed by atoms with Crippen molar-refractivity contribution < 1.29 is 9.90 Å². The Kier molecular flexibility index (Phi) is 3.27. The second-order valence-corrected chi connectivity index (χ2v) is 6.39. The molecule has 0 saturated heterocycles. The third kappa shape index (κ3) is 1.86. The van der Waals surface area contributed by atoms with Gasteiger partial charge in [0.15, 0.2) is 0 Å². The van der Waals surface area contributed by atoms with Crippen molar-refractivity contribution in [2.75, 3.05) is 0 Å². The van der Waals surface area contributed by atoms with E-state index in [9.17, 15) is 9.90 Å². The smallest absolute Gasteiger partial charge is 0.315 e. The lowest BCUT2D eigenvalue weighted by molar-refractivity contribution is -0.140. The second kappa shape index (κ2) is 5.34. The van der Waals surface area contributed by atoms with Crippen LogP contribution in [0.5, 0.6) is 0 Å². The molecule has 0 bridgehead atoms. The normalized spacial score (nSPS) is 21.2. The zero-order valence-corrected chi connectivity index (χ0v) is 13.2. The number of hydrogen-bond donors (Lipinski definition) is 1. The van der Waals surface area contributed by atoms with Gasteiger partial charge in [0.05, 0.1) is 0 Å². The van der Waals surface area contributed by atoms with Crippen LogP contribution >= 0.6 is 0 Å². The van der Waals surface area contributed by atoms with Gasteiger partial charge in [0, 0.05) is 5.41 Å². The van der Waals surface area contributed by atoms with Gasteiger partial charge >= 0.3 is 5.97 Å². The highest BCUT2D eigenvalue weighted by Crippen LogP contribution is 2.68. The molecule has 1 atom stereocenters. The summed E-state index contributed by atoms with van der Waals surface area (Å²) in [4.78, 5) is 12.4. The minimum Gasteiger partial charge on any atom is -0.481 e. The summed E-state index contributed by atoms with van der Waals surface area (Å²) in [6.45, 7) is 0. The Morgan fingerprint density at radius 3 is 1.42 bits per heavy atom. The Hall–Kier alpha value is -2.87. The van der Waals surface area contributed by atoms with Gasteiger partial charge < -0.3 is 5.11 Å². The first-order valence-corrected chi connectivity index (χ1v) is 8.12. The summed E-state index contributed by atoms with van der Waals surface area (Å²) in [5.41, 5.74) is 1.54. The van der Waals surface area contributed by atoms with Crippen LogP contribution in [0.3, 0.4) is 0 Å². The van der Waals surface area contributed by atoms with Crippen molar-refractivity contribution in [3.8, 4) is 0 Å². The molecule has 0 spiro atoms. The number of aliphatic carboxylic acids is 1. The number of rotatable bonds is 4. The van der Waals surface area contributed by atoms with Gasteiger partial charge in [-0.05, 0) is 23.1 Å². The van der Waals surface area contributed by atoms with Crippen molar-refractivity contribution in [1.82, 2.24) is 0 Å². The molecule has 1 aliphatic rings. The zero-order chi connectivity index (χ0) is 16.6. The molecule has 1 N–H and O–H groups in total. The second-order valence-electron chi connectivity index (χ2n) is 6.39. The van der Waals surface area contributed by atoms with E-state index in [0.717, 1.165) is 16.7 Å². The number of hydrogen-bond acceptors (Lipinski definition) is 1. The Balaban J connectivity index is 1.99. The molecule has 1 aliphatic carbocycles. The highest BCUT2D eigenvalue weighted by Gasteiger charge is 2.74. The fourth-order valence-electron chi connectivity index (χ4n) is 4.12. The average molecular weight is 314 g/mol. The minimum atomic E-state index is -0.920. The van der Waals surface area contributed by atoms with Crippen molar-refractivity contribution in [3.05, 3.63) is 108 Å². The molecular formula is C22H18O2. The molecule has 2 heteroatoms. The van der Waals surface area contributed by atoms with Crippen molar-refractivity contribution in [3.63, 3.8) is 0 Å². The van der Waals surface area contributed by atoms with E-state index >= 15 is 0 Å². The maximum Gasteiger partial charge on any atom is 0.315 e. The molecule has 0 aromatic heterocycles. The summed E-state index contributed by atoms with van der Waals surface area (Å²) in [5.74, 6) is -0.763. The van der Waals surface area contributed by atoms with Crippen LogP contribution < -0.4 is 0 Å². The molecule has 1 fully saturated rings. The van der Waals surface area contributed by atoms with Gasteiger partial charge in [-0.2, -0.15) is 0 Å². The Morgan fingerprint density at radius 2 is 1.04 bits per heavy atom. The van der Waals surface area contributed by atoms with Crippen LogP contribution in [-0.2, 0) is 15.6 Å². The molecule has 0 amide bonds. The van der Waals surface area contributed by atoms with E-state index in [-0.39, 0.29) is 0 Å². The summed E-state index contributed by atoms with van der Waals surface area (Å²) in [6, 6.07) is 29.7. The average Bonchev–Trinajstić information content (AvgIpc) is 3.37. The standard InChI is InChI=1S/C22H18O2/c23-20(24)22(19-14-8-3-9-15-19)16-21(22,17-10-4-1-5-11-17)18-12-6-2-7-13-18/h1-15H,16H2,(H,23,24)/t22-/m0/s1. The van der Waals surface area contributed by atoms with E-state index in [4.69, 9.17) is 0 Å². The summed E-state index contributed by atoms with van der Waals surface area (Å²) < 4.78 is 0. The molecule has 3 aromatic carbocycles. The SMILES string of the molecule is O=C(O)[C@@]1(c2ccccc2)CC1(c1ccccc1)c1ccccc1. The largest absolute Gasteiger partial charge is 0.481 e. The summed E-state index contributed by atoms with van der Waals surface area (Å²) in [6.07, 6.45) is 0.577. The van der Waals surface area contributed by atoms with E-state index in [1.54, 1.807) is 0 Å². The summed E-state index contributed by atoms with van der Waals surface area (Å²) in [7, 11) is 0. The highest BCUT2D eigenvalue weighted by atomic mass is 16.4. The Bertz CT molecular complexity index is 817. The molecular weight excluding hydrogens is 296 g/mol. The quantitative estimate of drug-likeness (QED) is 0.775. The molecule has 0 unspecified atom stereocenters. The molecule has 2 nitrogen and oxygen atoms in total. The van der Waals surface area contributed by atoms with Gasteiger partial charge in [0.2, 0.25) is 0 Å². The predicted octanol–water partition coefficient (Wildman–Crippen LogP) is 4.40. The van der Waals surface area contributed by atoms with Crippen molar-refractivity contribution in [1.29, 1.82) is 0 Å². The number of carboxylic acids is 1. The van der Waals surface area contributed by atoms with Crippen molar-refractivity contribution >= 4 is 5.97 Å². The van der Waals surface area contributed by atoms with Crippen molar-refractivity contribution in [2.24, 2.45) is 0 Å². The predicted molar refractivity (Wildman–Crippen MR) is 94.0 cm³/mol. The lowest BCUT2D eigenvalue weighted by Crippen LogP contribution is -2.31. The summed E-state index contributed by atoms with van der Waals surface area (Å²) in [5, 5.41) is 10.2. The van der Waals surface area contributed by atoms with Crippen LogP contribution in [0.1, 0.15) is 23.1 Å². The first kappa shape index (κ1) is 14.7. The summed E-state index contributed by atoms with van der Waals surface area (Å²) >= 11 is 0. The van der Waals surface area contributed by atoms with E-state index in [1.165, 1.54) is 0 Å². The molecule has 3 aromatic rings. The van der Waals surface area contributed by atoms with Crippen LogP contribution in [0.15, 0.2) is 91.0 Å². The minimum absolute atomic E-state index is 0.525. The van der Waals surface area contributed by atoms with Gasteiger partial charge in [0.25, 0.3) is 0 Å². The molecule has 0 heterocycles. The van der Waals surface area contributed by atoms with Gasteiger partial charge in [0.1, 0.15) is 5.41 Å². The molecule has 24 heavy (non-hydrogen) atoms. The highest BCUT2D eigenvalue weighted by molar-refractivity contribution is 5.91. The Labute approximate surface area is 141 Å². The molecule has 0 radical (unpaired) electrons. The van der Waals surface area contributed by atoms with Gasteiger partial charge in [-0.15, -0.1) is 0 Å². The first-order chi connectivity index (χ1) is 11.7. The van der Waals surface area contributed by atoms with E-state index in [1.807, 2.05) is 91.0 Å². The third-order valence-electron chi connectivity index (χ3n) is 5.30. The number of carboxylic acid groups (broad SMARTS) is 1. The number of carbonyl (C=O) groups is 1. The monoisotopic (exact) mass is 314 g/mol. The van der Waals surface area contributed by atoms with Crippen LogP contribution in [0.4, 0.5) is 0 Å². The number of benzene rings is 3. The third-order valence-corrected chi connectivity index (χ3v) is 5.30. The zero-order valence-electron chi connectivity index (χ0n) is 13.2. The topological polar surface area (TPSA) is 37.3 Å². The Morgan fingerprint density at radius 1 is 0.667 bits per heavy atom. The maximum absolute atomic E-state index is 12.4. The lowest BCUT2D eigenvalue weighted by atomic mass is 9.77.